The molecule has 0 spiro atoms. The fourth-order valence-electron chi connectivity index (χ4n) is 2.26. The maximum absolute atomic E-state index is 12.2. The van der Waals surface area contributed by atoms with Gasteiger partial charge in [-0.25, -0.2) is 9.78 Å². The third kappa shape index (κ3) is 4.10. The van der Waals surface area contributed by atoms with E-state index in [0.717, 1.165) is 4.90 Å². The van der Waals surface area contributed by atoms with Gasteiger partial charge in [0.25, 0.3) is 11.8 Å². The minimum atomic E-state index is -1.16. The van der Waals surface area contributed by atoms with Gasteiger partial charge in [0.2, 0.25) is 0 Å². The van der Waals surface area contributed by atoms with E-state index in [1.54, 1.807) is 26.0 Å². The number of carbonyl (C=O) groups is 4. The summed E-state index contributed by atoms with van der Waals surface area (Å²) < 4.78 is 5.00. The van der Waals surface area contributed by atoms with Crippen LogP contribution in [0.3, 0.4) is 0 Å². The second kappa shape index (κ2) is 7.69. The average molecular weight is 383 g/mol. The van der Waals surface area contributed by atoms with Gasteiger partial charge in [-0.2, -0.15) is 0 Å². The van der Waals surface area contributed by atoms with Crippen LogP contribution in [0.4, 0.5) is 10.5 Å². The lowest BCUT2D eigenvalue weighted by molar-refractivity contribution is -0.155. The van der Waals surface area contributed by atoms with Crippen molar-refractivity contribution < 1.29 is 23.9 Å². The number of pyridine rings is 1. The highest BCUT2D eigenvalue weighted by Crippen LogP contribution is 2.21. The average Bonchev–Trinajstić information content (AvgIpc) is 2.80. The molecule has 1 aromatic rings. The molecule has 0 aliphatic carbocycles. The van der Waals surface area contributed by atoms with Crippen LogP contribution in [0.5, 0.6) is 0 Å². The molecule has 1 fully saturated rings. The maximum Gasteiger partial charge on any atom is 0.327 e. The van der Waals surface area contributed by atoms with Crippen LogP contribution in [0.1, 0.15) is 27.2 Å². The van der Waals surface area contributed by atoms with Gasteiger partial charge in [0, 0.05) is 6.20 Å². The number of ether oxygens (including phenoxy) is 1. The fraction of sp³-hybridized carbons (Fsp3) is 0.438. The van der Waals surface area contributed by atoms with Crippen molar-refractivity contribution in [3.63, 3.8) is 0 Å². The molecule has 0 aromatic carbocycles. The molecule has 2 N–H and O–H groups in total. The first-order valence-corrected chi connectivity index (χ1v) is 8.30. The number of anilines is 1. The van der Waals surface area contributed by atoms with Gasteiger partial charge in [0.1, 0.15) is 12.1 Å². The summed E-state index contributed by atoms with van der Waals surface area (Å²) in [6.45, 7) is 4.10. The van der Waals surface area contributed by atoms with E-state index in [1.165, 1.54) is 13.1 Å². The van der Waals surface area contributed by atoms with E-state index in [2.05, 4.69) is 15.6 Å². The molecule has 2 rings (SSSR count). The molecule has 4 amide bonds. The Kier molecular flexibility index (Phi) is 5.81. The standard InChI is InChI=1S/C16H19ClN4O5/c1-4-16(3)14(24)21(15(25)20-16)8-11(22)26-9(2)13(23)19-10-6-5-7-18-12(10)17/h5-7,9H,4,8H2,1-3H3,(H,19,23)(H,20,25)/t9-,16+/m1/s1. The lowest BCUT2D eigenvalue weighted by atomic mass is 9.99. The highest BCUT2D eigenvalue weighted by atomic mass is 35.5. The number of aromatic nitrogens is 1. The molecule has 0 unspecified atom stereocenters. The SMILES string of the molecule is CC[C@]1(C)NC(=O)N(CC(=O)O[C@H](C)C(=O)Nc2cccnc2Cl)C1=O. The number of esters is 1. The van der Waals surface area contributed by atoms with Crippen LogP contribution in [-0.2, 0) is 19.1 Å². The summed E-state index contributed by atoms with van der Waals surface area (Å²) in [5, 5.41) is 5.10. The molecule has 1 aliphatic heterocycles. The van der Waals surface area contributed by atoms with E-state index in [-0.39, 0.29) is 10.8 Å². The number of halogens is 1. The molecule has 9 nitrogen and oxygen atoms in total. The monoisotopic (exact) mass is 382 g/mol. The van der Waals surface area contributed by atoms with Gasteiger partial charge in [-0.15, -0.1) is 0 Å². The molecule has 2 heterocycles. The molecular formula is C16H19ClN4O5. The summed E-state index contributed by atoms with van der Waals surface area (Å²) in [5.41, 5.74) is -0.771. The molecule has 0 bridgehead atoms. The number of carbonyl (C=O) groups excluding carboxylic acids is 4. The number of urea groups is 1. The number of nitrogens with zero attached hydrogens (tertiary/aromatic N) is 2. The third-order valence-electron chi connectivity index (χ3n) is 4.03. The molecule has 0 radical (unpaired) electrons. The summed E-state index contributed by atoms with van der Waals surface area (Å²) in [6, 6.07) is 2.46. The van der Waals surface area contributed by atoms with Crippen LogP contribution in [0.2, 0.25) is 5.15 Å². The Morgan fingerprint density at radius 1 is 1.46 bits per heavy atom. The lowest BCUT2D eigenvalue weighted by Gasteiger charge is -2.19. The summed E-state index contributed by atoms with van der Waals surface area (Å²) in [6.07, 6.45) is 0.689. The Labute approximate surface area is 155 Å². The van der Waals surface area contributed by atoms with E-state index >= 15 is 0 Å². The van der Waals surface area contributed by atoms with Crippen LogP contribution in [0.25, 0.3) is 0 Å². The highest BCUT2D eigenvalue weighted by molar-refractivity contribution is 6.32. The minimum absolute atomic E-state index is 0.0950. The zero-order valence-corrected chi connectivity index (χ0v) is 15.3. The molecule has 2 atom stereocenters. The van der Waals surface area contributed by atoms with Crippen molar-refractivity contribution in [3.05, 3.63) is 23.5 Å². The van der Waals surface area contributed by atoms with Crippen molar-refractivity contribution in [2.45, 2.75) is 38.8 Å². The quantitative estimate of drug-likeness (QED) is 0.435. The first-order chi connectivity index (χ1) is 12.2. The third-order valence-corrected chi connectivity index (χ3v) is 4.34. The second-order valence-electron chi connectivity index (χ2n) is 5.97. The molecule has 1 saturated heterocycles. The predicted molar refractivity (Wildman–Crippen MR) is 92.4 cm³/mol. The maximum atomic E-state index is 12.2. The van der Waals surface area contributed by atoms with Gasteiger partial charge in [0.05, 0.1) is 5.69 Å². The summed E-state index contributed by atoms with van der Waals surface area (Å²) in [7, 11) is 0. The summed E-state index contributed by atoms with van der Waals surface area (Å²) in [5.74, 6) is -2.01. The van der Waals surface area contributed by atoms with Gasteiger partial charge in [-0.1, -0.05) is 18.5 Å². The zero-order valence-electron chi connectivity index (χ0n) is 14.5. The number of nitrogens with one attached hydrogen (secondary N) is 2. The Balaban J connectivity index is 1.93. The van der Waals surface area contributed by atoms with Gasteiger partial charge < -0.3 is 15.4 Å². The van der Waals surface area contributed by atoms with Gasteiger partial charge in [-0.05, 0) is 32.4 Å². The number of hydrogen-bond acceptors (Lipinski definition) is 6. The smallest absolute Gasteiger partial charge is 0.327 e. The molecule has 1 aliphatic rings. The Bertz CT molecular complexity index is 756. The van der Waals surface area contributed by atoms with E-state index < -0.39 is 42.0 Å². The molecular weight excluding hydrogens is 364 g/mol. The molecule has 26 heavy (non-hydrogen) atoms. The van der Waals surface area contributed by atoms with E-state index in [4.69, 9.17) is 16.3 Å². The predicted octanol–water partition coefficient (Wildman–Crippen LogP) is 1.33. The van der Waals surface area contributed by atoms with Crippen molar-refractivity contribution in [2.75, 3.05) is 11.9 Å². The van der Waals surface area contributed by atoms with E-state index in [0.29, 0.717) is 6.42 Å². The largest absolute Gasteiger partial charge is 0.451 e. The fourth-order valence-corrected chi connectivity index (χ4v) is 2.43. The van der Waals surface area contributed by atoms with Gasteiger partial charge in [0.15, 0.2) is 11.3 Å². The van der Waals surface area contributed by atoms with Crippen molar-refractivity contribution >= 4 is 41.1 Å². The van der Waals surface area contributed by atoms with E-state index in [1.807, 2.05) is 0 Å². The van der Waals surface area contributed by atoms with Crippen LogP contribution in [-0.4, -0.2) is 51.9 Å². The number of hydrogen-bond donors (Lipinski definition) is 2. The van der Waals surface area contributed by atoms with Crippen LogP contribution in [0, 0.1) is 0 Å². The van der Waals surface area contributed by atoms with Crippen molar-refractivity contribution in [1.82, 2.24) is 15.2 Å². The minimum Gasteiger partial charge on any atom is -0.451 e. The van der Waals surface area contributed by atoms with Crippen LogP contribution < -0.4 is 10.6 Å². The first-order valence-electron chi connectivity index (χ1n) is 7.93. The lowest BCUT2D eigenvalue weighted by Crippen LogP contribution is -2.44. The Hall–Kier alpha value is -2.68. The summed E-state index contributed by atoms with van der Waals surface area (Å²) in [4.78, 5) is 52.8. The van der Waals surface area contributed by atoms with Crippen molar-refractivity contribution in [2.24, 2.45) is 0 Å². The number of rotatable bonds is 6. The molecule has 0 saturated carbocycles. The summed E-state index contributed by atoms with van der Waals surface area (Å²) >= 11 is 5.84. The van der Waals surface area contributed by atoms with Gasteiger partial charge >= 0.3 is 12.0 Å². The molecule has 1 aromatic heterocycles. The highest BCUT2D eigenvalue weighted by Gasteiger charge is 2.47. The topological polar surface area (TPSA) is 118 Å². The van der Waals surface area contributed by atoms with Gasteiger partial charge in [-0.3, -0.25) is 19.3 Å². The number of imide groups is 1. The Morgan fingerprint density at radius 2 is 2.15 bits per heavy atom. The van der Waals surface area contributed by atoms with Crippen LogP contribution >= 0.6 is 11.6 Å². The van der Waals surface area contributed by atoms with Crippen LogP contribution in [0.15, 0.2) is 18.3 Å². The molecule has 10 heteroatoms. The molecule has 140 valence electrons. The second-order valence-corrected chi connectivity index (χ2v) is 6.33. The normalized spacial score (nSPS) is 20.5. The van der Waals surface area contributed by atoms with Crippen molar-refractivity contribution in [3.8, 4) is 0 Å². The number of amides is 4. The first kappa shape index (κ1) is 19.6. The van der Waals surface area contributed by atoms with E-state index in [9.17, 15) is 19.2 Å². The Morgan fingerprint density at radius 3 is 2.73 bits per heavy atom. The zero-order chi connectivity index (χ0) is 19.5. The van der Waals surface area contributed by atoms with Crippen molar-refractivity contribution in [1.29, 1.82) is 0 Å².